The quantitative estimate of drug-likeness (QED) is 0.330. The Labute approximate surface area is 243 Å². The zero-order valence-corrected chi connectivity index (χ0v) is 25.2. The van der Waals surface area contributed by atoms with Crippen molar-refractivity contribution in [3.63, 3.8) is 0 Å². The molecule has 2 saturated heterocycles. The lowest BCUT2D eigenvalue weighted by molar-refractivity contribution is 0.00571. The van der Waals surface area contributed by atoms with Crippen LogP contribution in [0.15, 0.2) is 59.4 Å². The molecule has 0 aliphatic carbocycles. The van der Waals surface area contributed by atoms with Crippen LogP contribution in [-0.2, 0) is 23.2 Å². The highest BCUT2D eigenvalue weighted by Crippen LogP contribution is 2.43. The second-order valence-corrected chi connectivity index (χ2v) is 13.6. The van der Waals surface area contributed by atoms with Gasteiger partial charge in [-0.2, -0.15) is 0 Å². The molecule has 2 aromatic carbocycles. The lowest BCUT2D eigenvalue weighted by Crippen LogP contribution is -2.43. The predicted molar refractivity (Wildman–Crippen MR) is 162 cm³/mol. The molecule has 41 heavy (non-hydrogen) atoms. The molecule has 7 heteroatoms. The van der Waals surface area contributed by atoms with E-state index < -0.39 is 17.1 Å². The van der Waals surface area contributed by atoms with Gasteiger partial charge in [-0.3, -0.25) is 4.79 Å². The lowest BCUT2D eigenvalue weighted by atomic mass is 9.86. The second kappa shape index (κ2) is 11.3. The molecule has 3 heterocycles. The maximum absolute atomic E-state index is 13.2. The van der Waals surface area contributed by atoms with Crippen LogP contribution in [0.5, 0.6) is 5.75 Å². The molecule has 218 valence electrons. The third-order valence-corrected chi connectivity index (χ3v) is 8.09. The molecule has 7 nitrogen and oxygen atoms in total. The number of ether oxygens (including phenoxy) is 2. The fraction of sp³-hybridized carbons (Fsp3) is 0.500. The molecule has 2 fully saturated rings. The number of nitrogens with one attached hydrogen (secondary N) is 1. The SMILES string of the molecule is CC(C)(C)OC(=O)c1nc(CC2CC3CCC(C2)N3c2ccc(C(C)(C)C)cc2)[nH]c(=O)c1OCc1ccccc1. The first kappa shape index (κ1) is 28.9. The fourth-order valence-electron chi connectivity index (χ4n) is 6.22. The Morgan fingerprint density at radius 1 is 0.951 bits per heavy atom. The minimum atomic E-state index is -0.727. The first-order valence-corrected chi connectivity index (χ1v) is 14.8. The smallest absolute Gasteiger partial charge is 0.361 e. The number of carbonyl (C=O) groups is 1. The van der Waals surface area contributed by atoms with E-state index >= 15 is 0 Å². The molecule has 1 aromatic heterocycles. The summed E-state index contributed by atoms with van der Waals surface area (Å²) >= 11 is 0. The number of benzene rings is 2. The largest absolute Gasteiger partial charge is 0.481 e. The average Bonchev–Trinajstić information content (AvgIpc) is 3.17. The Bertz CT molecular complexity index is 1400. The van der Waals surface area contributed by atoms with Crippen LogP contribution in [0.3, 0.4) is 0 Å². The fourth-order valence-corrected chi connectivity index (χ4v) is 6.22. The molecule has 1 N–H and O–H groups in total. The summed E-state index contributed by atoms with van der Waals surface area (Å²) in [5.74, 6) is 0.126. The summed E-state index contributed by atoms with van der Waals surface area (Å²) in [5.41, 5.74) is 2.42. The van der Waals surface area contributed by atoms with Crippen LogP contribution in [0.25, 0.3) is 0 Å². The molecule has 0 radical (unpaired) electrons. The monoisotopic (exact) mass is 557 g/mol. The number of aromatic amines is 1. The van der Waals surface area contributed by atoms with Gasteiger partial charge in [0.15, 0.2) is 5.69 Å². The van der Waals surface area contributed by atoms with Crippen LogP contribution in [0, 0.1) is 5.92 Å². The van der Waals surface area contributed by atoms with E-state index in [0.717, 1.165) is 18.4 Å². The van der Waals surface area contributed by atoms with E-state index in [0.29, 0.717) is 30.2 Å². The Balaban J connectivity index is 1.34. The molecule has 5 rings (SSSR count). The molecule has 2 aliphatic rings. The van der Waals surface area contributed by atoms with Crippen molar-refractivity contribution >= 4 is 11.7 Å². The van der Waals surface area contributed by atoms with Crippen LogP contribution in [0.1, 0.15) is 94.7 Å². The molecule has 2 unspecified atom stereocenters. The van der Waals surface area contributed by atoms with Crippen LogP contribution in [0.4, 0.5) is 5.69 Å². The minimum absolute atomic E-state index is 0.0612. The summed E-state index contributed by atoms with van der Waals surface area (Å²) in [5, 5.41) is 0. The predicted octanol–water partition coefficient (Wildman–Crippen LogP) is 6.59. The highest BCUT2D eigenvalue weighted by molar-refractivity contribution is 5.90. The number of hydrogen-bond donors (Lipinski definition) is 1. The molecule has 2 atom stereocenters. The van der Waals surface area contributed by atoms with Crippen molar-refractivity contribution in [3.8, 4) is 5.75 Å². The summed E-state index contributed by atoms with van der Waals surface area (Å²) < 4.78 is 11.5. The zero-order valence-electron chi connectivity index (χ0n) is 25.2. The van der Waals surface area contributed by atoms with Gasteiger partial charge in [0.1, 0.15) is 18.0 Å². The summed E-state index contributed by atoms with van der Waals surface area (Å²) in [6, 6.07) is 19.5. The number of H-pyrrole nitrogens is 1. The van der Waals surface area contributed by atoms with Crippen molar-refractivity contribution in [2.45, 2.75) is 103 Å². The summed E-state index contributed by atoms with van der Waals surface area (Å²) in [6.45, 7) is 12.3. The van der Waals surface area contributed by atoms with Gasteiger partial charge in [-0.25, -0.2) is 9.78 Å². The van der Waals surface area contributed by atoms with Crippen LogP contribution in [-0.4, -0.2) is 33.6 Å². The number of fused-ring (bicyclic) bond motifs is 2. The van der Waals surface area contributed by atoms with Gasteiger partial charge in [0.2, 0.25) is 5.75 Å². The number of esters is 1. The highest BCUT2D eigenvalue weighted by Gasteiger charge is 2.41. The summed E-state index contributed by atoms with van der Waals surface area (Å²) in [7, 11) is 0. The van der Waals surface area contributed by atoms with Crippen molar-refractivity contribution in [2.75, 3.05) is 4.90 Å². The Morgan fingerprint density at radius 2 is 1.59 bits per heavy atom. The molecule has 0 saturated carbocycles. The molecule has 0 spiro atoms. The van der Waals surface area contributed by atoms with Gasteiger partial charge in [0, 0.05) is 24.2 Å². The van der Waals surface area contributed by atoms with Crippen molar-refractivity contribution in [3.05, 3.63) is 87.6 Å². The highest BCUT2D eigenvalue weighted by atomic mass is 16.6. The molecular weight excluding hydrogens is 514 g/mol. The summed E-state index contributed by atoms with van der Waals surface area (Å²) in [6.07, 6.45) is 4.99. The maximum Gasteiger partial charge on any atom is 0.361 e. The van der Waals surface area contributed by atoms with E-state index in [1.807, 2.05) is 30.3 Å². The second-order valence-electron chi connectivity index (χ2n) is 13.6. The number of carbonyl (C=O) groups excluding carboxylic acids is 1. The Kier molecular flexibility index (Phi) is 8.00. The molecule has 2 aliphatic heterocycles. The maximum atomic E-state index is 13.2. The number of nitrogens with zero attached hydrogens (tertiary/aromatic N) is 2. The Hall–Kier alpha value is -3.61. The van der Waals surface area contributed by atoms with Crippen molar-refractivity contribution < 1.29 is 14.3 Å². The number of aromatic nitrogens is 2. The van der Waals surface area contributed by atoms with Gasteiger partial charge in [-0.1, -0.05) is 63.2 Å². The Morgan fingerprint density at radius 3 is 2.17 bits per heavy atom. The van der Waals surface area contributed by atoms with Crippen LogP contribution < -0.4 is 15.2 Å². The van der Waals surface area contributed by atoms with E-state index in [2.05, 4.69) is 59.9 Å². The van der Waals surface area contributed by atoms with Crippen molar-refractivity contribution in [1.82, 2.24) is 9.97 Å². The number of anilines is 1. The standard InChI is InChI=1S/C34H43N3O4/c1-33(2,3)24-12-14-25(15-13-24)37-26-16-17-27(37)19-23(18-26)20-28-35-29(32(39)41-34(4,5)6)30(31(38)36-28)40-21-22-10-8-7-9-11-22/h7-15,23,26-27H,16-21H2,1-6H3,(H,35,36,38). The number of rotatable bonds is 7. The first-order valence-electron chi connectivity index (χ1n) is 14.8. The topological polar surface area (TPSA) is 84.5 Å². The van der Waals surface area contributed by atoms with Crippen LogP contribution in [0.2, 0.25) is 0 Å². The van der Waals surface area contributed by atoms with Gasteiger partial charge < -0.3 is 19.4 Å². The molecular formula is C34H43N3O4. The van der Waals surface area contributed by atoms with Gasteiger partial charge in [-0.05, 0) is 81.0 Å². The van der Waals surface area contributed by atoms with Crippen LogP contribution >= 0.6 is 0 Å². The molecule has 0 amide bonds. The average molecular weight is 558 g/mol. The van der Waals surface area contributed by atoms with Gasteiger partial charge in [0.25, 0.3) is 5.56 Å². The third-order valence-electron chi connectivity index (χ3n) is 8.09. The van der Waals surface area contributed by atoms with E-state index in [4.69, 9.17) is 9.47 Å². The first-order chi connectivity index (χ1) is 19.4. The van der Waals surface area contributed by atoms with Gasteiger partial charge >= 0.3 is 5.97 Å². The summed E-state index contributed by atoms with van der Waals surface area (Å²) in [4.78, 5) is 36.6. The van der Waals surface area contributed by atoms with Gasteiger partial charge in [0.05, 0.1) is 0 Å². The van der Waals surface area contributed by atoms with Crippen molar-refractivity contribution in [1.29, 1.82) is 0 Å². The lowest BCUT2D eigenvalue weighted by Gasteiger charge is -2.41. The normalized spacial score (nSPS) is 20.6. The number of hydrogen-bond acceptors (Lipinski definition) is 6. The molecule has 2 bridgehead atoms. The van der Waals surface area contributed by atoms with Gasteiger partial charge in [-0.15, -0.1) is 0 Å². The van der Waals surface area contributed by atoms with E-state index in [1.165, 1.54) is 24.1 Å². The van der Waals surface area contributed by atoms with E-state index in [1.54, 1.807) is 20.8 Å². The molecule has 3 aromatic rings. The minimum Gasteiger partial charge on any atom is -0.481 e. The zero-order chi connectivity index (χ0) is 29.4. The van der Waals surface area contributed by atoms with E-state index in [9.17, 15) is 9.59 Å². The van der Waals surface area contributed by atoms with E-state index in [-0.39, 0.29) is 23.5 Å². The number of piperidine rings is 1. The third kappa shape index (κ3) is 6.83. The van der Waals surface area contributed by atoms with Crippen molar-refractivity contribution in [2.24, 2.45) is 5.92 Å².